The van der Waals surface area contributed by atoms with Crippen LogP contribution >= 0.6 is 12.4 Å². The Kier molecular flexibility index (Phi) is 7.16. The lowest BCUT2D eigenvalue weighted by molar-refractivity contribution is 0.244. The van der Waals surface area contributed by atoms with E-state index in [1.807, 2.05) is 12.1 Å². The lowest BCUT2D eigenvalue weighted by Crippen LogP contribution is -2.32. The summed E-state index contributed by atoms with van der Waals surface area (Å²) in [6, 6.07) is 23.4. The van der Waals surface area contributed by atoms with Crippen LogP contribution in [0.1, 0.15) is 49.7 Å². The van der Waals surface area contributed by atoms with Gasteiger partial charge in [0.1, 0.15) is 5.41 Å². The van der Waals surface area contributed by atoms with Crippen molar-refractivity contribution in [3.8, 4) is 6.07 Å². The Morgan fingerprint density at radius 2 is 1.29 bits per heavy atom. The van der Waals surface area contributed by atoms with Crippen LogP contribution in [-0.4, -0.2) is 24.5 Å². The van der Waals surface area contributed by atoms with Crippen molar-refractivity contribution in [2.45, 2.75) is 43.9 Å². The maximum Gasteiger partial charge on any atom is 0.107 e. The van der Waals surface area contributed by atoms with Crippen LogP contribution in [0, 0.1) is 23.2 Å². The summed E-state index contributed by atoms with van der Waals surface area (Å²) in [5.74, 6) is 1.82. The van der Waals surface area contributed by atoms with Gasteiger partial charge in [-0.2, -0.15) is 5.26 Å². The maximum atomic E-state index is 10.3. The number of rotatable bonds is 6. The average molecular weight is 395 g/mol. The number of nitriles is 1. The van der Waals surface area contributed by atoms with Gasteiger partial charge in [0.2, 0.25) is 0 Å². The average Bonchev–Trinajstić information content (AvgIpc) is 3.06. The molecule has 0 amide bonds. The van der Waals surface area contributed by atoms with E-state index in [-0.39, 0.29) is 12.4 Å². The quantitative estimate of drug-likeness (QED) is 0.617. The zero-order valence-corrected chi connectivity index (χ0v) is 17.4. The largest absolute Gasteiger partial charge is 0.303 e. The van der Waals surface area contributed by atoms with E-state index in [1.165, 1.54) is 38.8 Å². The molecule has 0 atom stereocenters. The van der Waals surface area contributed by atoms with Crippen LogP contribution in [0.5, 0.6) is 0 Å². The predicted octanol–water partition coefficient (Wildman–Crippen LogP) is 5.82. The Labute approximate surface area is 176 Å². The molecule has 3 aliphatic rings. The Balaban J connectivity index is 0.00000225. The minimum atomic E-state index is -0.548. The van der Waals surface area contributed by atoms with Gasteiger partial charge < -0.3 is 4.90 Å². The zero-order chi connectivity index (χ0) is 18.5. The van der Waals surface area contributed by atoms with Crippen molar-refractivity contribution < 1.29 is 0 Å². The van der Waals surface area contributed by atoms with Gasteiger partial charge in [-0.3, -0.25) is 0 Å². The fraction of sp³-hybridized carbons (Fsp3) is 0.480. The van der Waals surface area contributed by atoms with Crippen LogP contribution < -0.4 is 0 Å². The molecule has 3 fully saturated rings. The standard InChI is InChI=1S/C25H30N2.ClH/c26-20-25(23-8-3-1-4-9-23,24-10-5-2-6-11-24)16-7-17-27-18-21-12-13-22(19-27)15-14-21;/h1-6,8-11,21-22H,7,12-19H2;1H. The molecule has 148 valence electrons. The highest BCUT2D eigenvalue weighted by Crippen LogP contribution is 2.37. The molecule has 1 saturated carbocycles. The van der Waals surface area contributed by atoms with Crippen molar-refractivity contribution in [3.63, 3.8) is 0 Å². The lowest BCUT2D eigenvalue weighted by Gasteiger charge is -2.30. The molecular weight excluding hydrogens is 364 g/mol. The molecule has 2 saturated heterocycles. The monoisotopic (exact) mass is 394 g/mol. The second kappa shape index (κ2) is 9.59. The molecule has 5 rings (SSSR count). The highest BCUT2D eigenvalue weighted by atomic mass is 35.5. The van der Waals surface area contributed by atoms with Crippen molar-refractivity contribution in [3.05, 3.63) is 71.8 Å². The minimum absolute atomic E-state index is 0. The second-order valence-corrected chi connectivity index (χ2v) is 8.50. The number of hydrogen-bond acceptors (Lipinski definition) is 2. The van der Waals surface area contributed by atoms with Gasteiger partial charge in [0.15, 0.2) is 0 Å². The van der Waals surface area contributed by atoms with Crippen molar-refractivity contribution in [1.29, 1.82) is 5.26 Å². The number of nitrogens with zero attached hydrogens (tertiary/aromatic N) is 2. The molecule has 2 bridgehead atoms. The van der Waals surface area contributed by atoms with Crippen molar-refractivity contribution in [1.82, 2.24) is 4.90 Å². The summed E-state index contributed by atoms with van der Waals surface area (Å²) in [5.41, 5.74) is 1.69. The van der Waals surface area contributed by atoms with Crippen molar-refractivity contribution in [2.24, 2.45) is 11.8 Å². The van der Waals surface area contributed by atoms with Gasteiger partial charge in [-0.15, -0.1) is 12.4 Å². The minimum Gasteiger partial charge on any atom is -0.303 e. The summed E-state index contributed by atoms with van der Waals surface area (Å²) in [5, 5.41) is 10.3. The van der Waals surface area contributed by atoms with Crippen LogP contribution in [0.25, 0.3) is 0 Å². The van der Waals surface area contributed by atoms with Crippen LogP contribution in [0.15, 0.2) is 60.7 Å². The van der Waals surface area contributed by atoms with E-state index in [4.69, 9.17) is 0 Å². The van der Waals surface area contributed by atoms with Crippen LogP contribution in [0.3, 0.4) is 0 Å². The molecule has 0 aromatic heterocycles. The van der Waals surface area contributed by atoms with Crippen LogP contribution in [0.4, 0.5) is 0 Å². The zero-order valence-electron chi connectivity index (χ0n) is 16.6. The topological polar surface area (TPSA) is 27.0 Å². The van der Waals surface area contributed by atoms with Gasteiger partial charge in [-0.05, 0) is 68.0 Å². The van der Waals surface area contributed by atoms with Gasteiger partial charge in [0.05, 0.1) is 6.07 Å². The Morgan fingerprint density at radius 1 is 0.821 bits per heavy atom. The predicted molar refractivity (Wildman–Crippen MR) is 118 cm³/mol. The molecule has 0 radical (unpaired) electrons. The van der Waals surface area contributed by atoms with E-state index < -0.39 is 5.41 Å². The maximum absolute atomic E-state index is 10.3. The van der Waals surface area contributed by atoms with E-state index in [9.17, 15) is 5.26 Å². The normalized spacial score (nSPS) is 22.1. The summed E-state index contributed by atoms with van der Waals surface area (Å²) >= 11 is 0. The molecule has 2 aromatic carbocycles. The van der Waals surface area contributed by atoms with E-state index in [2.05, 4.69) is 59.5 Å². The van der Waals surface area contributed by atoms with Gasteiger partial charge in [-0.25, -0.2) is 0 Å². The molecule has 0 N–H and O–H groups in total. The number of fused-ring (bicyclic) bond motifs is 4. The first-order chi connectivity index (χ1) is 13.3. The molecule has 0 spiro atoms. The molecule has 2 aromatic rings. The van der Waals surface area contributed by atoms with E-state index >= 15 is 0 Å². The van der Waals surface area contributed by atoms with Gasteiger partial charge >= 0.3 is 0 Å². The first-order valence-corrected chi connectivity index (χ1v) is 10.5. The van der Waals surface area contributed by atoms with Gasteiger partial charge in [0, 0.05) is 13.1 Å². The Bertz CT molecular complexity index is 707. The van der Waals surface area contributed by atoms with Crippen molar-refractivity contribution >= 4 is 12.4 Å². The summed E-state index contributed by atoms with van der Waals surface area (Å²) in [6.45, 7) is 3.66. The summed E-state index contributed by atoms with van der Waals surface area (Å²) in [4.78, 5) is 2.69. The SMILES string of the molecule is Cl.N#CC(CCCN1CC2CCC(CC2)C1)(c1ccccc1)c1ccccc1. The third kappa shape index (κ3) is 4.43. The molecular formula is C25H31ClN2. The molecule has 2 nitrogen and oxygen atoms in total. The van der Waals surface area contributed by atoms with Gasteiger partial charge in [0.25, 0.3) is 0 Å². The fourth-order valence-electron chi connectivity index (χ4n) is 5.24. The first kappa shape index (κ1) is 20.9. The molecule has 2 aliphatic heterocycles. The number of halogens is 1. The molecule has 0 unspecified atom stereocenters. The smallest absolute Gasteiger partial charge is 0.107 e. The highest BCUT2D eigenvalue weighted by Gasteiger charge is 2.35. The summed E-state index contributed by atoms with van der Waals surface area (Å²) < 4.78 is 0. The third-order valence-corrected chi connectivity index (χ3v) is 6.75. The Hall–Kier alpha value is -1.82. The lowest BCUT2D eigenvalue weighted by atomic mass is 9.72. The van der Waals surface area contributed by atoms with E-state index in [0.717, 1.165) is 42.3 Å². The van der Waals surface area contributed by atoms with Crippen LogP contribution in [0.2, 0.25) is 0 Å². The van der Waals surface area contributed by atoms with Crippen LogP contribution in [-0.2, 0) is 5.41 Å². The van der Waals surface area contributed by atoms with Crippen molar-refractivity contribution in [2.75, 3.05) is 19.6 Å². The van der Waals surface area contributed by atoms with Gasteiger partial charge in [-0.1, -0.05) is 60.7 Å². The summed E-state index contributed by atoms with van der Waals surface area (Å²) in [6.07, 6.45) is 7.66. The first-order valence-electron chi connectivity index (χ1n) is 10.5. The van der Waals surface area contributed by atoms with E-state index in [0.29, 0.717) is 0 Å². The Morgan fingerprint density at radius 3 is 1.71 bits per heavy atom. The third-order valence-electron chi connectivity index (χ3n) is 6.75. The molecule has 2 heterocycles. The molecule has 1 aliphatic carbocycles. The summed E-state index contributed by atoms with van der Waals surface area (Å²) in [7, 11) is 0. The molecule has 3 heteroatoms. The fourth-order valence-corrected chi connectivity index (χ4v) is 5.24. The second-order valence-electron chi connectivity index (χ2n) is 8.50. The number of hydrogen-bond donors (Lipinski definition) is 0. The highest BCUT2D eigenvalue weighted by molar-refractivity contribution is 5.85. The van der Waals surface area contributed by atoms with E-state index in [1.54, 1.807) is 0 Å². The number of benzene rings is 2. The molecule has 28 heavy (non-hydrogen) atoms.